The Bertz CT molecular complexity index is 291. The summed E-state index contributed by atoms with van der Waals surface area (Å²) in [5, 5.41) is 15.1. The van der Waals surface area contributed by atoms with Crippen molar-refractivity contribution in [2.24, 2.45) is 0 Å². The van der Waals surface area contributed by atoms with Crippen LogP contribution in [-0.4, -0.2) is 34.8 Å². The van der Waals surface area contributed by atoms with Gasteiger partial charge in [-0.3, -0.25) is 0 Å². The van der Waals surface area contributed by atoms with Gasteiger partial charge in [0.25, 0.3) is 0 Å². The fourth-order valence-electron chi connectivity index (χ4n) is 1.19. The fraction of sp³-hybridized carbons (Fsp3) is 0.600. The number of aromatic nitrogens is 2. The average Bonchev–Trinajstić information content (AvgIpc) is 2.24. The maximum atomic E-state index is 9.07. The van der Waals surface area contributed by atoms with E-state index < -0.39 is 0 Å². The zero-order chi connectivity index (χ0) is 11.1. The van der Waals surface area contributed by atoms with E-state index in [4.69, 9.17) is 5.11 Å². The van der Waals surface area contributed by atoms with Gasteiger partial charge in [-0.05, 0) is 25.8 Å². The van der Waals surface area contributed by atoms with Gasteiger partial charge >= 0.3 is 0 Å². The number of nitrogens with zero attached hydrogens (tertiary/aromatic N) is 2. The van der Waals surface area contributed by atoms with E-state index in [1.807, 2.05) is 6.07 Å². The molecule has 5 nitrogen and oxygen atoms in total. The van der Waals surface area contributed by atoms with Crippen molar-refractivity contribution in [1.82, 2.24) is 9.97 Å². The van der Waals surface area contributed by atoms with Gasteiger partial charge in [0, 0.05) is 19.8 Å². The van der Waals surface area contributed by atoms with E-state index in [0.29, 0.717) is 5.95 Å². The highest BCUT2D eigenvalue weighted by atomic mass is 16.3. The lowest BCUT2D eigenvalue weighted by Crippen LogP contribution is -2.08. The maximum Gasteiger partial charge on any atom is 0.224 e. The Morgan fingerprint density at radius 1 is 1.53 bits per heavy atom. The highest BCUT2D eigenvalue weighted by Gasteiger charge is 1.98. The third-order valence-electron chi connectivity index (χ3n) is 1.98. The molecule has 1 unspecified atom stereocenters. The molecule has 15 heavy (non-hydrogen) atoms. The summed E-state index contributed by atoms with van der Waals surface area (Å²) >= 11 is 0. The lowest BCUT2D eigenvalue weighted by atomic mass is 10.2. The summed E-state index contributed by atoms with van der Waals surface area (Å²) in [5.41, 5.74) is 0. The Labute approximate surface area is 90.0 Å². The Hall–Kier alpha value is -1.36. The first-order valence-corrected chi connectivity index (χ1v) is 5.15. The fourth-order valence-corrected chi connectivity index (χ4v) is 1.19. The second kappa shape index (κ2) is 6.19. The zero-order valence-corrected chi connectivity index (χ0v) is 9.20. The van der Waals surface area contributed by atoms with Gasteiger partial charge in [0.05, 0.1) is 6.10 Å². The summed E-state index contributed by atoms with van der Waals surface area (Å²) < 4.78 is 0. The van der Waals surface area contributed by atoms with E-state index in [9.17, 15) is 0 Å². The molecule has 1 aromatic heterocycles. The minimum Gasteiger partial charge on any atom is -0.393 e. The van der Waals surface area contributed by atoms with Crippen molar-refractivity contribution >= 4 is 11.8 Å². The van der Waals surface area contributed by atoms with Crippen LogP contribution in [0.3, 0.4) is 0 Å². The lowest BCUT2D eigenvalue weighted by molar-refractivity contribution is 0.183. The molecule has 0 fully saturated rings. The Morgan fingerprint density at radius 2 is 2.33 bits per heavy atom. The van der Waals surface area contributed by atoms with Crippen LogP contribution in [0.4, 0.5) is 11.8 Å². The van der Waals surface area contributed by atoms with Crippen molar-refractivity contribution in [3.05, 3.63) is 12.3 Å². The van der Waals surface area contributed by atoms with Crippen molar-refractivity contribution in [2.45, 2.75) is 25.9 Å². The third-order valence-corrected chi connectivity index (χ3v) is 1.98. The minimum atomic E-state index is -0.231. The summed E-state index contributed by atoms with van der Waals surface area (Å²) in [6.45, 7) is 2.61. The van der Waals surface area contributed by atoms with Crippen LogP contribution in [0.2, 0.25) is 0 Å². The number of hydrogen-bond donors (Lipinski definition) is 3. The molecule has 84 valence electrons. The van der Waals surface area contributed by atoms with Gasteiger partial charge < -0.3 is 15.7 Å². The molecule has 0 radical (unpaired) electrons. The predicted octanol–water partition coefficient (Wildman–Crippen LogP) is 1.09. The molecule has 5 heteroatoms. The average molecular weight is 210 g/mol. The van der Waals surface area contributed by atoms with Crippen LogP contribution in [0.5, 0.6) is 0 Å². The molecule has 0 aliphatic heterocycles. The van der Waals surface area contributed by atoms with Crippen LogP contribution in [0.25, 0.3) is 0 Å². The molecule has 1 heterocycles. The van der Waals surface area contributed by atoms with Gasteiger partial charge in [0.15, 0.2) is 0 Å². The molecule has 0 aromatic carbocycles. The second-order valence-electron chi connectivity index (χ2n) is 3.43. The molecule has 3 N–H and O–H groups in total. The first kappa shape index (κ1) is 11.7. The molecule has 1 atom stereocenters. The quantitative estimate of drug-likeness (QED) is 0.613. The topological polar surface area (TPSA) is 70.1 Å². The molecule has 0 bridgehead atoms. The normalized spacial score (nSPS) is 12.2. The standard InChI is InChI=1S/C10H18N4O/c1-8(15)4-3-6-12-9-5-7-13-10(11-2)14-9/h5,7-8,15H,3-4,6H2,1-2H3,(H2,11,12,13,14). The predicted molar refractivity (Wildman–Crippen MR) is 61.0 cm³/mol. The second-order valence-corrected chi connectivity index (χ2v) is 3.43. The molecule has 0 aliphatic rings. The number of aliphatic hydroxyl groups excluding tert-OH is 1. The largest absolute Gasteiger partial charge is 0.393 e. The lowest BCUT2D eigenvalue weighted by Gasteiger charge is -2.07. The van der Waals surface area contributed by atoms with E-state index in [1.54, 1.807) is 20.2 Å². The Kier molecular flexibility index (Phi) is 4.83. The highest BCUT2D eigenvalue weighted by molar-refractivity contribution is 5.38. The molecule has 0 spiro atoms. The van der Waals surface area contributed by atoms with Crippen molar-refractivity contribution < 1.29 is 5.11 Å². The van der Waals surface area contributed by atoms with E-state index >= 15 is 0 Å². The number of nitrogens with one attached hydrogen (secondary N) is 2. The maximum absolute atomic E-state index is 9.07. The van der Waals surface area contributed by atoms with Crippen LogP contribution >= 0.6 is 0 Å². The molecule has 0 saturated carbocycles. The molecule has 1 rings (SSSR count). The van der Waals surface area contributed by atoms with Crippen LogP contribution in [0.15, 0.2) is 12.3 Å². The van der Waals surface area contributed by atoms with Crippen LogP contribution in [-0.2, 0) is 0 Å². The van der Waals surface area contributed by atoms with Crippen LogP contribution in [0.1, 0.15) is 19.8 Å². The number of rotatable bonds is 6. The summed E-state index contributed by atoms with van der Waals surface area (Å²) in [6, 6.07) is 1.82. The first-order valence-electron chi connectivity index (χ1n) is 5.15. The summed E-state index contributed by atoms with van der Waals surface area (Å²) in [4.78, 5) is 8.22. The SMILES string of the molecule is CNc1nccc(NCCCC(C)O)n1. The van der Waals surface area contributed by atoms with E-state index in [0.717, 1.165) is 25.2 Å². The molecular weight excluding hydrogens is 192 g/mol. The van der Waals surface area contributed by atoms with Gasteiger partial charge in [-0.1, -0.05) is 0 Å². The minimum absolute atomic E-state index is 0.231. The Balaban J connectivity index is 2.30. The number of hydrogen-bond acceptors (Lipinski definition) is 5. The van der Waals surface area contributed by atoms with Crippen molar-refractivity contribution in [3.63, 3.8) is 0 Å². The van der Waals surface area contributed by atoms with E-state index in [2.05, 4.69) is 20.6 Å². The smallest absolute Gasteiger partial charge is 0.224 e. The molecule has 0 aliphatic carbocycles. The summed E-state index contributed by atoms with van der Waals surface area (Å²) in [7, 11) is 1.78. The van der Waals surface area contributed by atoms with Crippen LogP contribution in [0, 0.1) is 0 Å². The van der Waals surface area contributed by atoms with Gasteiger partial charge in [-0.2, -0.15) is 4.98 Å². The van der Waals surface area contributed by atoms with E-state index in [1.165, 1.54) is 0 Å². The van der Waals surface area contributed by atoms with Gasteiger partial charge in [-0.15, -0.1) is 0 Å². The monoisotopic (exact) mass is 210 g/mol. The van der Waals surface area contributed by atoms with Gasteiger partial charge in [0.2, 0.25) is 5.95 Å². The third kappa shape index (κ3) is 4.60. The molecular formula is C10H18N4O. The van der Waals surface area contributed by atoms with E-state index in [-0.39, 0.29) is 6.10 Å². The Morgan fingerprint density at radius 3 is 3.00 bits per heavy atom. The zero-order valence-electron chi connectivity index (χ0n) is 9.20. The van der Waals surface area contributed by atoms with Crippen molar-refractivity contribution in [3.8, 4) is 0 Å². The number of anilines is 2. The highest BCUT2D eigenvalue weighted by Crippen LogP contribution is 2.05. The molecule has 1 aromatic rings. The summed E-state index contributed by atoms with van der Waals surface area (Å²) in [5.74, 6) is 1.41. The van der Waals surface area contributed by atoms with Gasteiger partial charge in [-0.25, -0.2) is 4.98 Å². The van der Waals surface area contributed by atoms with Crippen molar-refractivity contribution in [2.75, 3.05) is 24.2 Å². The van der Waals surface area contributed by atoms with Crippen molar-refractivity contribution in [1.29, 1.82) is 0 Å². The van der Waals surface area contributed by atoms with Gasteiger partial charge in [0.1, 0.15) is 5.82 Å². The number of aliphatic hydroxyl groups is 1. The first-order chi connectivity index (χ1) is 7.22. The van der Waals surface area contributed by atoms with Crippen LogP contribution < -0.4 is 10.6 Å². The summed E-state index contributed by atoms with van der Waals surface area (Å²) in [6.07, 6.45) is 3.20. The molecule has 0 saturated heterocycles. The molecule has 0 amide bonds.